The molecule has 1 saturated heterocycles. The molecule has 2 aliphatic heterocycles. The van der Waals surface area contributed by atoms with E-state index in [0.29, 0.717) is 12.3 Å². The molecule has 0 aliphatic carbocycles. The Kier molecular flexibility index (Phi) is 6.17. The van der Waals surface area contributed by atoms with E-state index in [1.54, 1.807) is 0 Å². The summed E-state index contributed by atoms with van der Waals surface area (Å²) in [4.78, 5) is 12.6. The molecule has 4 rings (SSSR count). The number of hydrogen-bond donors (Lipinski definition) is 2. The van der Waals surface area contributed by atoms with Gasteiger partial charge in [-0.25, -0.2) is 0 Å². The highest BCUT2D eigenvalue weighted by atomic mass is 35.5. The van der Waals surface area contributed by atoms with Crippen molar-refractivity contribution in [2.24, 2.45) is 5.92 Å². The molecule has 0 aromatic heterocycles. The van der Waals surface area contributed by atoms with Crippen LogP contribution in [0, 0.1) is 5.92 Å². The largest absolute Gasteiger partial charge is 0.457 e. The van der Waals surface area contributed by atoms with Crippen LogP contribution in [0.5, 0.6) is 11.5 Å². The molecular weight excluding hydrogens is 348 g/mol. The summed E-state index contributed by atoms with van der Waals surface area (Å²) in [6, 6.07) is 15.7. The van der Waals surface area contributed by atoms with E-state index in [9.17, 15) is 4.79 Å². The average Bonchev–Trinajstić information content (AvgIpc) is 2.67. The number of nitrogens with one attached hydrogen (secondary N) is 2. The van der Waals surface area contributed by atoms with E-state index in [1.165, 1.54) is 12.8 Å². The number of amides is 1. The summed E-state index contributed by atoms with van der Waals surface area (Å²) in [7, 11) is 0. The molecule has 4 nitrogen and oxygen atoms in total. The number of carbonyl (C=O) groups excluding carboxylic acids is 1. The molecule has 2 aromatic rings. The van der Waals surface area contributed by atoms with Gasteiger partial charge in [-0.2, -0.15) is 0 Å². The third kappa shape index (κ3) is 4.02. The molecule has 2 aromatic carbocycles. The first-order valence-corrected chi connectivity index (χ1v) is 9.17. The lowest BCUT2D eigenvalue weighted by molar-refractivity contribution is -0.122. The van der Waals surface area contributed by atoms with E-state index in [2.05, 4.69) is 10.6 Å². The summed E-state index contributed by atoms with van der Waals surface area (Å²) >= 11 is 0. The maximum absolute atomic E-state index is 12.6. The third-order valence-electron chi connectivity index (χ3n) is 5.22. The number of carbonyl (C=O) groups is 1. The first kappa shape index (κ1) is 18.7. The monoisotopic (exact) mass is 372 g/mol. The number of fused-ring (bicyclic) bond motifs is 2. The minimum Gasteiger partial charge on any atom is -0.457 e. The normalized spacial score (nSPS) is 16.6. The summed E-state index contributed by atoms with van der Waals surface area (Å²) in [5, 5.41) is 6.61. The molecule has 0 unspecified atom stereocenters. The molecule has 2 heterocycles. The van der Waals surface area contributed by atoms with Crippen LogP contribution in [0.3, 0.4) is 0 Å². The van der Waals surface area contributed by atoms with Crippen LogP contribution in [-0.4, -0.2) is 19.0 Å². The van der Waals surface area contributed by atoms with Gasteiger partial charge in [0.15, 0.2) is 0 Å². The zero-order valence-electron chi connectivity index (χ0n) is 14.7. The van der Waals surface area contributed by atoms with Crippen molar-refractivity contribution in [2.45, 2.75) is 31.7 Å². The van der Waals surface area contributed by atoms with E-state index in [4.69, 9.17) is 4.74 Å². The van der Waals surface area contributed by atoms with Gasteiger partial charge in [0.05, 0.1) is 6.04 Å². The van der Waals surface area contributed by atoms with Crippen molar-refractivity contribution in [3.63, 3.8) is 0 Å². The second kappa shape index (κ2) is 8.56. The minimum absolute atomic E-state index is 0. The summed E-state index contributed by atoms with van der Waals surface area (Å²) < 4.78 is 5.99. The molecule has 0 bridgehead atoms. The smallest absolute Gasteiger partial charge is 0.220 e. The Morgan fingerprint density at radius 1 is 1.00 bits per heavy atom. The van der Waals surface area contributed by atoms with Crippen LogP contribution in [0.1, 0.15) is 42.9 Å². The number of piperidine rings is 1. The third-order valence-corrected chi connectivity index (χ3v) is 5.22. The maximum Gasteiger partial charge on any atom is 0.220 e. The Labute approximate surface area is 160 Å². The lowest BCUT2D eigenvalue weighted by Crippen LogP contribution is -2.32. The van der Waals surface area contributed by atoms with Gasteiger partial charge in [-0.1, -0.05) is 36.4 Å². The zero-order chi connectivity index (χ0) is 17.1. The number of halogens is 1. The number of ether oxygens (including phenoxy) is 1. The van der Waals surface area contributed by atoms with Gasteiger partial charge in [-0.3, -0.25) is 4.79 Å². The predicted molar refractivity (Wildman–Crippen MR) is 105 cm³/mol. The molecule has 26 heavy (non-hydrogen) atoms. The van der Waals surface area contributed by atoms with Gasteiger partial charge in [0.2, 0.25) is 5.91 Å². The summed E-state index contributed by atoms with van der Waals surface area (Å²) in [6.07, 6.45) is 3.92. The quantitative estimate of drug-likeness (QED) is 0.845. The molecule has 0 atom stereocenters. The van der Waals surface area contributed by atoms with E-state index in [-0.39, 0.29) is 24.4 Å². The first-order valence-electron chi connectivity index (χ1n) is 9.17. The van der Waals surface area contributed by atoms with Crippen LogP contribution in [0.4, 0.5) is 0 Å². The lowest BCUT2D eigenvalue weighted by Gasteiger charge is -2.29. The molecule has 5 heteroatoms. The molecule has 0 saturated carbocycles. The van der Waals surface area contributed by atoms with Crippen molar-refractivity contribution in [1.29, 1.82) is 0 Å². The number of benzene rings is 2. The van der Waals surface area contributed by atoms with E-state index >= 15 is 0 Å². The molecular formula is C21H25ClN2O2. The van der Waals surface area contributed by atoms with Gasteiger partial charge in [-0.05, 0) is 50.4 Å². The van der Waals surface area contributed by atoms with Gasteiger partial charge in [-0.15, -0.1) is 12.4 Å². The minimum atomic E-state index is -0.137. The number of para-hydroxylation sites is 2. The fourth-order valence-electron chi connectivity index (χ4n) is 3.80. The molecule has 2 aliphatic rings. The van der Waals surface area contributed by atoms with Crippen molar-refractivity contribution in [3.05, 3.63) is 59.7 Å². The number of rotatable bonds is 4. The molecule has 138 valence electrons. The highest BCUT2D eigenvalue weighted by Crippen LogP contribution is 2.42. The fraction of sp³-hybridized carbons (Fsp3) is 0.381. The van der Waals surface area contributed by atoms with Crippen LogP contribution in [0.25, 0.3) is 0 Å². The topological polar surface area (TPSA) is 50.4 Å². The van der Waals surface area contributed by atoms with Gasteiger partial charge in [0.25, 0.3) is 0 Å². The zero-order valence-corrected chi connectivity index (χ0v) is 15.6. The van der Waals surface area contributed by atoms with Crippen molar-refractivity contribution in [2.75, 3.05) is 13.1 Å². The van der Waals surface area contributed by atoms with Crippen molar-refractivity contribution >= 4 is 18.3 Å². The van der Waals surface area contributed by atoms with E-state index in [1.807, 2.05) is 48.5 Å². The Balaban J connectivity index is 0.00000196. The Bertz CT molecular complexity index is 714. The maximum atomic E-state index is 12.6. The first-order chi connectivity index (χ1) is 12.3. The fourth-order valence-corrected chi connectivity index (χ4v) is 3.80. The number of hydrogen-bond acceptors (Lipinski definition) is 3. The molecule has 0 spiro atoms. The highest BCUT2D eigenvalue weighted by molar-refractivity contribution is 5.85. The lowest BCUT2D eigenvalue weighted by atomic mass is 9.92. The van der Waals surface area contributed by atoms with Gasteiger partial charge in [0, 0.05) is 17.5 Å². The van der Waals surface area contributed by atoms with Crippen LogP contribution in [0.15, 0.2) is 48.5 Å². The second-order valence-corrected chi connectivity index (χ2v) is 6.91. The van der Waals surface area contributed by atoms with Crippen LogP contribution >= 0.6 is 12.4 Å². The summed E-state index contributed by atoms with van der Waals surface area (Å²) in [6.45, 7) is 2.15. The molecule has 1 fully saturated rings. The summed E-state index contributed by atoms with van der Waals surface area (Å²) in [5.41, 5.74) is 2.05. The van der Waals surface area contributed by atoms with Crippen molar-refractivity contribution < 1.29 is 9.53 Å². The molecule has 1 amide bonds. The van der Waals surface area contributed by atoms with Crippen LogP contribution in [-0.2, 0) is 4.79 Å². The van der Waals surface area contributed by atoms with Crippen molar-refractivity contribution in [3.8, 4) is 11.5 Å². The van der Waals surface area contributed by atoms with Gasteiger partial charge in [0.1, 0.15) is 11.5 Å². The van der Waals surface area contributed by atoms with E-state index in [0.717, 1.165) is 42.1 Å². The SMILES string of the molecule is Cl.O=C(CCC1CCNCC1)NC1c2ccccc2Oc2ccccc21. The highest BCUT2D eigenvalue weighted by Gasteiger charge is 2.28. The van der Waals surface area contributed by atoms with Gasteiger partial charge >= 0.3 is 0 Å². The summed E-state index contributed by atoms with van der Waals surface area (Å²) in [5.74, 6) is 2.44. The average molecular weight is 373 g/mol. The predicted octanol–water partition coefficient (Wildman–Crippen LogP) is 4.20. The van der Waals surface area contributed by atoms with Crippen molar-refractivity contribution in [1.82, 2.24) is 10.6 Å². The Hall–Kier alpha value is -2.04. The molecule has 2 N–H and O–H groups in total. The second-order valence-electron chi connectivity index (χ2n) is 6.91. The Morgan fingerprint density at radius 3 is 2.19 bits per heavy atom. The van der Waals surface area contributed by atoms with Gasteiger partial charge < -0.3 is 15.4 Å². The van der Waals surface area contributed by atoms with Crippen LogP contribution in [0.2, 0.25) is 0 Å². The Morgan fingerprint density at radius 2 is 1.58 bits per heavy atom. The molecule has 0 radical (unpaired) electrons. The van der Waals surface area contributed by atoms with Crippen LogP contribution < -0.4 is 15.4 Å². The standard InChI is InChI=1S/C21H24N2O2.ClH/c24-20(10-9-15-11-13-22-14-12-15)23-21-16-5-1-3-7-18(16)25-19-8-4-2-6-17(19)21;/h1-8,15,21-22H,9-14H2,(H,23,24);1H. The van der Waals surface area contributed by atoms with E-state index < -0.39 is 0 Å².